The van der Waals surface area contributed by atoms with Gasteiger partial charge in [-0.2, -0.15) is 0 Å². The number of ketones is 2. The Morgan fingerprint density at radius 2 is 1.79 bits per heavy atom. The predicted octanol–water partition coefficient (Wildman–Crippen LogP) is 1.65. The lowest BCUT2D eigenvalue weighted by Gasteiger charge is -2.09. The molecule has 1 aromatic rings. The molecule has 4 nitrogen and oxygen atoms in total. The molecule has 0 unspecified atom stereocenters. The molecule has 0 atom stereocenters. The zero-order valence-corrected chi connectivity index (χ0v) is 10.1. The number of amides is 1. The zero-order chi connectivity index (χ0) is 13.8. The Kier molecular flexibility index (Phi) is 3.52. The SMILES string of the molecule is C=Cc1ccc(C(=O)NC2=CC(=O)C=CC2=O)cc1. The highest BCUT2D eigenvalue weighted by Gasteiger charge is 2.16. The van der Waals surface area contributed by atoms with Crippen LogP contribution in [0.3, 0.4) is 0 Å². The van der Waals surface area contributed by atoms with Gasteiger partial charge < -0.3 is 5.32 Å². The third-order valence-corrected chi connectivity index (χ3v) is 2.61. The van der Waals surface area contributed by atoms with Gasteiger partial charge in [-0.1, -0.05) is 24.8 Å². The van der Waals surface area contributed by atoms with Crippen molar-refractivity contribution in [1.82, 2.24) is 5.32 Å². The average Bonchev–Trinajstić information content (AvgIpc) is 2.43. The molecule has 4 heteroatoms. The summed E-state index contributed by atoms with van der Waals surface area (Å²) < 4.78 is 0. The van der Waals surface area contributed by atoms with Gasteiger partial charge in [0.05, 0.1) is 5.70 Å². The molecule has 0 heterocycles. The Hall–Kier alpha value is -2.75. The molecule has 1 aromatic carbocycles. The van der Waals surface area contributed by atoms with E-state index in [1.54, 1.807) is 30.3 Å². The molecule has 1 amide bonds. The number of allylic oxidation sites excluding steroid dienone is 3. The maximum absolute atomic E-state index is 11.9. The summed E-state index contributed by atoms with van der Waals surface area (Å²) in [6.45, 7) is 3.62. The maximum atomic E-state index is 11.9. The van der Waals surface area contributed by atoms with E-state index in [0.717, 1.165) is 23.8 Å². The van der Waals surface area contributed by atoms with Gasteiger partial charge in [-0.05, 0) is 29.8 Å². The van der Waals surface area contributed by atoms with Crippen LogP contribution in [-0.4, -0.2) is 17.5 Å². The van der Waals surface area contributed by atoms with Gasteiger partial charge >= 0.3 is 0 Å². The van der Waals surface area contributed by atoms with Gasteiger partial charge in [0.25, 0.3) is 5.91 Å². The van der Waals surface area contributed by atoms with Crippen LogP contribution in [0.4, 0.5) is 0 Å². The quantitative estimate of drug-likeness (QED) is 0.833. The molecule has 0 saturated heterocycles. The van der Waals surface area contributed by atoms with Crippen molar-refractivity contribution in [3.63, 3.8) is 0 Å². The van der Waals surface area contributed by atoms with Gasteiger partial charge in [0.1, 0.15) is 0 Å². The average molecular weight is 253 g/mol. The highest BCUT2D eigenvalue weighted by molar-refractivity contribution is 6.18. The van der Waals surface area contributed by atoms with E-state index in [4.69, 9.17) is 0 Å². The molecule has 1 aliphatic rings. The highest BCUT2D eigenvalue weighted by Crippen LogP contribution is 2.08. The minimum atomic E-state index is -0.432. The van der Waals surface area contributed by atoms with Crippen molar-refractivity contribution in [2.75, 3.05) is 0 Å². The van der Waals surface area contributed by atoms with Crippen molar-refractivity contribution in [3.05, 3.63) is 65.9 Å². The highest BCUT2D eigenvalue weighted by atomic mass is 16.2. The molecule has 0 radical (unpaired) electrons. The van der Waals surface area contributed by atoms with Crippen LogP contribution in [0.2, 0.25) is 0 Å². The monoisotopic (exact) mass is 253 g/mol. The molecule has 0 fully saturated rings. The Bertz CT molecular complexity index is 621. The fourth-order valence-corrected chi connectivity index (χ4v) is 1.57. The van der Waals surface area contributed by atoms with E-state index in [2.05, 4.69) is 11.9 Å². The molecule has 0 aromatic heterocycles. The molecule has 19 heavy (non-hydrogen) atoms. The van der Waals surface area contributed by atoms with Crippen LogP contribution in [0.25, 0.3) is 6.08 Å². The molecular formula is C15H11NO3. The van der Waals surface area contributed by atoms with Gasteiger partial charge in [0.2, 0.25) is 5.78 Å². The van der Waals surface area contributed by atoms with Crippen LogP contribution in [0.15, 0.2) is 54.8 Å². The summed E-state index contributed by atoms with van der Waals surface area (Å²) in [5, 5.41) is 2.43. The number of nitrogens with one attached hydrogen (secondary N) is 1. The Labute approximate surface area is 110 Å². The van der Waals surface area contributed by atoms with E-state index in [9.17, 15) is 14.4 Å². The van der Waals surface area contributed by atoms with Crippen molar-refractivity contribution in [2.45, 2.75) is 0 Å². The first-order valence-electron chi connectivity index (χ1n) is 5.62. The van der Waals surface area contributed by atoms with Gasteiger partial charge in [-0.15, -0.1) is 0 Å². The topological polar surface area (TPSA) is 63.2 Å². The van der Waals surface area contributed by atoms with E-state index in [1.165, 1.54) is 0 Å². The number of rotatable bonds is 3. The number of carbonyl (C=O) groups excluding carboxylic acids is 3. The standard InChI is InChI=1S/C15H11NO3/c1-2-10-3-5-11(6-4-10)15(19)16-13-9-12(17)7-8-14(13)18/h2-9H,1H2,(H,16,19). The number of hydrogen-bond acceptors (Lipinski definition) is 3. The lowest BCUT2D eigenvalue weighted by molar-refractivity contribution is -0.114. The third kappa shape index (κ3) is 2.93. The number of benzene rings is 1. The van der Waals surface area contributed by atoms with Gasteiger partial charge in [0, 0.05) is 11.6 Å². The number of hydrogen-bond donors (Lipinski definition) is 1. The van der Waals surface area contributed by atoms with Crippen molar-refractivity contribution >= 4 is 23.5 Å². The molecule has 1 aliphatic carbocycles. The van der Waals surface area contributed by atoms with Crippen molar-refractivity contribution in [1.29, 1.82) is 0 Å². The van der Waals surface area contributed by atoms with E-state index >= 15 is 0 Å². The van der Waals surface area contributed by atoms with Crippen molar-refractivity contribution < 1.29 is 14.4 Å². The second-order valence-electron chi connectivity index (χ2n) is 3.94. The van der Waals surface area contributed by atoms with E-state index in [0.29, 0.717) is 5.56 Å². The Morgan fingerprint density at radius 1 is 1.11 bits per heavy atom. The van der Waals surface area contributed by atoms with Crippen molar-refractivity contribution in [2.24, 2.45) is 0 Å². The Morgan fingerprint density at radius 3 is 2.42 bits per heavy atom. The summed E-state index contributed by atoms with van der Waals surface area (Å²) in [5.74, 6) is -1.15. The molecule has 0 bridgehead atoms. The number of carbonyl (C=O) groups is 3. The Balaban J connectivity index is 2.14. The summed E-state index contributed by atoms with van der Waals surface area (Å²) in [5.41, 5.74) is 1.29. The summed E-state index contributed by atoms with van der Waals surface area (Å²) in [4.78, 5) is 34.5. The van der Waals surface area contributed by atoms with E-state index in [-0.39, 0.29) is 11.5 Å². The molecule has 2 rings (SSSR count). The lowest BCUT2D eigenvalue weighted by Crippen LogP contribution is -2.28. The molecule has 1 N–H and O–H groups in total. The minimum absolute atomic E-state index is 0.00898. The normalized spacial score (nSPS) is 14.0. The van der Waals surface area contributed by atoms with Gasteiger partial charge in [-0.25, -0.2) is 0 Å². The minimum Gasteiger partial charge on any atom is -0.319 e. The fraction of sp³-hybridized carbons (Fsp3) is 0. The first kappa shape index (κ1) is 12.7. The van der Waals surface area contributed by atoms with Crippen LogP contribution < -0.4 is 5.32 Å². The van der Waals surface area contributed by atoms with Crippen LogP contribution in [-0.2, 0) is 9.59 Å². The van der Waals surface area contributed by atoms with E-state index < -0.39 is 11.7 Å². The van der Waals surface area contributed by atoms with Gasteiger partial charge in [-0.3, -0.25) is 14.4 Å². The summed E-state index contributed by atoms with van der Waals surface area (Å²) in [6, 6.07) is 6.73. The molecule has 94 valence electrons. The fourth-order valence-electron chi connectivity index (χ4n) is 1.57. The van der Waals surface area contributed by atoms with Crippen molar-refractivity contribution in [3.8, 4) is 0 Å². The largest absolute Gasteiger partial charge is 0.319 e. The summed E-state index contributed by atoms with van der Waals surface area (Å²) in [7, 11) is 0. The van der Waals surface area contributed by atoms with E-state index in [1.807, 2.05) is 0 Å². The first-order chi connectivity index (χ1) is 9.10. The van der Waals surface area contributed by atoms with Crippen LogP contribution >= 0.6 is 0 Å². The smallest absolute Gasteiger partial charge is 0.255 e. The summed E-state index contributed by atoms with van der Waals surface area (Å²) >= 11 is 0. The molecule has 0 spiro atoms. The molecule has 0 saturated carbocycles. The predicted molar refractivity (Wildman–Crippen MR) is 71.2 cm³/mol. The second-order valence-corrected chi connectivity index (χ2v) is 3.94. The van der Waals surface area contributed by atoms with Crippen LogP contribution in [0.1, 0.15) is 15.9 Å². The maximum Gasteiger partial charge on any atom is 0.255 e. The van der Waals surface area contributed by atoms with Crippen LogP contribution in [0, 0.1) is 0 Å². The summed E-state index contributed by atoms with van der Waals surface area (Å²) in [6.07, 6.45) is 5.08. The lowest BCUT2D eigenvalue weighted by atomic mass is 10.1. The zero-order valence-electron chi connectivity index (χ0n) is 10.1. The van der Waals surface area contributed by atoms with Gasteiger partial charge in [0.15, 0.2) is 5.78 Å². The third-order valence-electron chi connectivity index (χ3n) is 2.61. The van der Waals surface area contributed by atoms with Crippen LogP contribution in [0.5, 0.6) is 0 Å². The first-order valence-corrected chi connectivity index (χ1v) is 5.62. The molecular weight excluding hydrogens is 242 g/mol. The molecule has 0 aliphatic heterocycles. The second kappa shape index (κ2) is 5.27.